The van der Waals surface area contributed by atoms with Gasteiger partial charge in [-0.05, 0) is 13.0 Å². The third-order valence-corrected chi connectivity index (χ3v) is 1.59. The van der Waals surface area contributed by atoms with Crippen LogP contribution in [0, 0.1) is 5.21 Å². The fraction of sp³-hybridized carbons (Fsp3) is 0.200. The average Bonchev–Trinajstić information content (AvgIpc) is 2.21. The van der Waals surface area contributed by atoms with E-state index in [0.29, 0.717) is 4.73 Å². The van der Waals surface area contributed by atoms with E-state index in [1.54, 1.807) is 24.4 Å². The summed E-state index contributed by atoms with van der Waals surface area (Å²) in [5.74, 6) is 0. The second-order valence-corrected chi connectivity index (χ2v) is 2.77. The molecule has 0 N–H and O–H groups in total. The molecule has 1 aromatic rings. The molecule has 82 valence electrons. The first-order chi connectivity index (χ1) is 6.72. The summed E-state index contributed by atoms with van der Waals surface area (Å²) in [6, 6.07) is 3.30. The molecule has 0 fully saturated rings. The Labute approximate surface area is 94.9 Å². The van der Waals surface area contributed by atoms with E-state index >= 15 is 0 Å². The van der Waals surface area contributed by atoms with Gasteiger partial charge in [-0.15, -0.1) is 12.4 Å². The van der Waals surface area contributed by atoms with E-state index in [1.165, 1.54) is 12.4 Å². The van der Waals surface area contributed by atoms with Crippen LogP contribution in [-0.4, -0.2) is 12.3 Å². The molecule has 1 aromatic heterocycles. The molecule has 0 aliphatic heterocycles. The zero-order chi connectivity index (χ0) is 10.4. The van der Waals surface area contributed by atoms with E-state index in [1.807, 2.05) is 6.92 Å². The highest BCUT2D eigenvalue weighted by atomic mass is 35.5. The number of oxime groups is 1. The van der Waals surface area contributed by atoms with Crippen LogP contribution in [-0.2, 0) is 4.84 Å². The Hall–Kier alpha value is -1.55. The minimum Gasteiger partial charge on any atom is -0.619 e. The first-order valence-corrected chi connectivity index (χ1v) is 4.23. The monoisotopic (exact) mass is 228 g/mol. The van der Waals surface area contributed by atoms with Gasteiger partial charge in [-0.25, -0.2) is 0 Å². The molecule has 0 aromatic carbocycles. The normalized spacial score (nSPS) is 11.8. The largest absolute Gasteiger partial charge is 0.619 e. The Balaban J connectivity index is 0.00000196. The molecule has 1 atom stereocenters. The summed E-state index contributed by atoms with van der Waals surface area (Å²) < 4.78 is 0.713. The first-order valence-electron chi connectivity index (χ1n) is 4.23. The fourth-order valence-corrected chi connectivity index (χ4v) is 0.741. The van der Waals surface area contributed by atoms with Crippen molar-refractivity contribution < 1.29 is 9.57 Å². The summed E-state index contributed by atoms with van der Waals surface area (Å²) in [6.45, 7) is 5.39. The Morgan fingerprint density at radius 2 is 2.13 bits per heavy atom. The van der Waals surface area contributed by atoms with Gasteiger partial charge in [-0.3, -0.25) is 0 Å². The van der Waals surface area contributed by atoms with E-state index in [9.17, 15) is 5.21 Å². The summed E-state index contributed by atoms with van der Waals surface area (Å²) in [5.41, 5.74) is 0.813. The SMILES string of the molecule is C=CC(C)O/N=C/c1cc[n+]([O-])cc1.Cl. The Kier molecular flexibility index (Phi) is 6.13. The van der Waals surface area contributed by atoms with Crippen LogP contribution in [0.5, 0.6) is 0 Å². The summed E-state index contributed by atoms with van der Waals surface area (Å²) in [7, 11) is 0. The molecule has 5 heteroatoms. The van der Waals surface area contributed by atoms with Crippen LogP contribution in [0.1, 0.15) is 12.5 Å². The van der Waals surface area contributed by atoms with Crippen molar-refractivity contribution in [1.29, 1.82) is 0 Å². The van der Waals surface area contributed by atoms with Gasteiger partial charge in [-0.2, -0.15) is 4.73 Å². The van der Waals surface area contributed by atoms with Crippen molar-refractivity contribution in [2.45, 2.75) is 13.0 Å². The lowest BCUT2D eigenvalue weighted by atomic mass is 10.3. The Morgan fingerprint density at radius 3 is 2.67 bits per heavy atom. The van der Waals surface area contributed by atoms with Crippen LogP contribution in [0.25, 0.3) is 0 Å². The third-order valence-electron chi connectivity index (χ3n) is 1.59. The first kappa shape index (κ1) is 13.4. The number of nitrogens with zero attached hydrogens (tertiary/aromatic N) is 2. The van der Waals surface area contributed by atoms with Crippen molar-refractivity contribution in [2.75, 3.05) is 0 Å². The second kappa shape index (κ2) is 6.84. The molecule has 1 heterocycles. The van der Waals surface area contributed by atoms with Crippen molar-refractivity contribution in [3.05, 3.63) is 48.0 Å². The summed E-state index contributed by atoms with van der Waals surface area (Å²) >= 11 is 0. The molecule has 0 saturated carbocycles. The zero-order valence-electron chi connectivity index (χ0n) is 8.37. The predicted molar refractivity (Wildman–Crippen MR) is 61.0 cm³/mol. The zero-order valence-corrected chi connectivity index (χ0v) is 9.18. The van der Waals surface area contributed by atoms with Crippen LogP contribution >= 0.6 is 12.4 Å². The highest BCUT2D eigenvalue weighted by Crippen LogP contribution is 1.94. The van der Waals surface area contributed by atoms with Gasteiger partial charge in [0.05, 0.1) is 6.21 Å². The summed E-state index contributed by atoms with van der Waals surface area (Å²) in [4.78, 5) is 4.99. The second-order valence-electron chi connectivity index (χ2n) is 2.77. The van der Waals surface area contributed by atoms with E-state index in [-0.39, 0.29) is 18.5 Å². The average molecular weight is 229 g/mol. The molecule has 0 saturated heterocycles. The topological polar surface area (TPSA) is 48.5 Å². The Morgan fingerprint density at radius 1 is 1.53 bits per heavy atom. The maximum absolute atomic E-state index is 10.7. The molecular formula is C10H13ClN2O2. The number of halogens is 1. The van der Waals surface area contributed by atoms with E-state index in [0.717, 1.165) is 5.56 Å². The minimum atomic E-state index is -0.112. The lowest BCUT2D eigenvalue weighted by Crippen LogP contribution is -2.23. The van der Waals surface area contributed by atoms with Crippen molar-refractivity contribution in [2.24, 2.45) is 5.16 Å². The van der Waals surface area contributed by atoms with Crippen LogP contribution in [0.2, 0.25) is 0 Å². The lowest BCUT2D eigenvalue weighted by Gasteiger charge is -2.01. The number of hydrogen-bond donors (Lipinski definition) is 0. The number of rotatable bonds is 4. The highest BCUT2D eigenvalue weighted by molar-refractivity contribution is 5.85. The quantitative estimate of drug-likeness (QED) is 0.259. The van der Waals surface area contributed by atoms with Gasteiger partial charge < -0.3 is 10.0 Å². The van der Waals surface area contributed by atoms with Crippen molar-refractivity contribution in [3.63, 3.8) is 0 Å². The molecule has 1 rings (SSSR count). The Bertz CT molecular complexity index is 325. The van der Waals surface area contributed by atoms with Gasteiger partial charge >= 0.3 is 0 Å². The lowest BCUT2D eigenvalue weighted by molar-refractivity contribution is -0.605. The number of aromatic nitrogens is 1. The number of pyridine rings is 1. The molecule has 0 bridgehead atoms. The minimum absolute atomic E-state index is 0. The van der Waals surface area contributed by atoms with Crippen LogP contribution in [0.4, 0.5) is 0 Å². The predicted octanol–water partition coefficient (Wildman–Crippen LogP) is 1.67. The van der Waals surface area contributed by atoms with Gasteiger partial charge in [-0.1, -0.05) is 11.7 Å². The highest BCUT2D eigenvalue weighted by Gasteiger charge is 1.93. The van der Waals surface area contributed by atoms with Gasteiger partial charge in [0.15, 0.2) is 12.4 Å². The van der Waals surface area contributed by atoms with Gasteiger partial charge in [0.25, 0.3) is 0 Å². The summed E-state index contributed by atoms with van der Waals surface area (Å²) in [6.07, 6.45) is 5.88. The molecule has 15 heavy (non-hydrogen) atoms. The van der Waals surface area contributed by atoms with E-state index in [4.69, 9.17) is 4.84 Å². The third kappa shape index (κ3) is 5.02. The van der Waals surface area contributed by atoms with Crippen LogP contribution in [0.3, 0.4) is 0 Å². The van der Waals surface area contributed by atoms with E-state index < -0.39 is 0 Å². The van der Waals surface area contributed by atoms with Crippen LogP contribution < -0.4 is 4.73 Å². The van der Waals surface area contributed by atoms with Gasteiger partial charge in [0.2, 0.25) is 0 Å². The van der Waals surface area contributed by atoms with Gasteiger partial charge in [0.1, 0.15) is 6.10 Å². The molecule has 0 amide bonds. The molecule has 0 aliphatic carbocycles. The van der Waals surface area contributed by atoms with Crippen molar-refractivity contribution >= 4 is 18.6 Å². The van der Waals surface area contributed by atoms with Crippen molar-refractivity contribution in [1.82, 2.24) is 0 Å². The van der Waals surface area contributed by atoms with Crippen molar-refractivity contribution in [3.8, 4) is 0 Å². The number of hydrogen-bond acceptors (Lipinski definition) is 3. The molecular weight excluding hydrogens is 216 g/mol. The standard InChI is InChI=1S/C10H12N2O2.ClH/c1-3-9(2)14-11-8-10-4-6-12(13)7-5-10;/h3-9H,1H2,2H3;1H/b11-8+;. The van der Waals surface area contributed by atoms with Gasteiger partial charge in [0, 0.05) is 17.7 Å². The maximum Gasteiger partial charge on any atom is 0.181 e. The maximum atomic E-state index is 10.7. The smallest absolute Gasteiger partial charge is 0.181 e. The van der Waals surface area contributed by atoms with E-state index in [2.05, 4.69) is 11.7 Å². The summed E-state index contributed by atoms with van der Waals surface area (Å²) in [5, 5.41) is 14.4. The fourth-order valence-electron chi connectivity index (χ4n) is 0.741. The molecule has 1 unspecified atom stereocenters. The van der Waals surface area contributed by atoms with Crippen LogP contribution in [0.15, 0.2) is 42.3 Å². The molecule has 0 aliphatic rings. The molecule has 0 spiro atoms. The molecule has 4 nitrogen and oxygen atoms in total. The molecule has 0 radical (unpaired) electrons.